The maximum Gasteiger partial charge on any atom is 0.119 e. The van der Waals surface area contributed by atoms with E-state index in [1.54, 1.807) is 0 Å². The van der Waals surface area contributed by atoms with Crippen LogP contribution in [0.4, 0.5) is 0 Å². The predicted octanol–water partition coefficient (Wildman–Crippen LogP) is 3.05. The Kier molecular flexibility index (Phi) is 5.53. The van der Waals surface area contributed by atoms with Gasteiger partial charge >= 0.3 is 0 Å². The lowest BCUT2D eigenvalue weighted by Crippen LogP contribution is -2.30. The van der Waals surface area contributed by atoms with Crippen LogP contribution in [-0.2, 0) is 6.54 Å². The maximum absolute atomic E-state index is 6.03. The Bertz CT molecular complexity index is 423. The summed E-state index contributed by atoms with van der Waals surface area (Å²) in [7, 11) is 0. The van der Waals surface area contributed by atoms with Crippen molar-refractivity contribution in [3.63, 3.8) is 0 Å². The van der Waals surface area contributed by atoms with Gasteiger partial charge in [-0.05, 0) is 75.5 Å². The molecular weight excluding hydrogens is 260 g/mol. The SMILES string of the molecule is c1cc(CN2CCCCC2)cc(OCC2CCNCC2)c1. The largest absolute Gasteiger partial charge is 0.493 e. The Labute approximate surface area is 128 Å². The lowest BCUT2D eigenvalue weighted by atomic mass is 9.99. The standard InChI is InChI=1S/C18H28N2O/c1-2-11-20(12-3-1)14-17-5-4-6-18(13-17)21-15-16-7-9-19-10-8-16/h4-6,13,16,19H,1-3,7-12,14-15H2. The third kappa shape index (κ3) is 4.72. The van der Waals surface area contributed by atoms with Crippen molar-refractivity contribution in [2.24, 2.45) is 5.92 Å². The van der Waals surface area contributed by atoms with Crippen LogP contribution in [0.15, 0.2) is 24.3 Å². The fourth-order valence-electron chi connectivity index (χ4n) is 3.37. The molecule has 0 unspecified atom stereocenters. The highest BCUT2D eigenvalue weighted by Crippen LogP contribution is 2.19. The molecular formula is C18H28N2O. The van der Waals surface area contributed by atoms with Crippen LogP contribution < -0.4 is 10.1 Å². The van der Waals surface area contributed by atoms with E-state index in [9.17, 15) is 0 Å². The van der Waals surface area contributed by atoms with Gasteiger partial charge in [-0.15, -0.1) is 0 Å². The third-order valence-electron chi connectivity index (χ3n) is 4.70. The van der Waals surface area contributed by atoms with E-state index in [0.29, 0.717) is 0 Å². The summed E-state index contributed by atoms with van der Waals surface area (Å²) in [6, 6.07) is 8.69. The molecule has 0 aliphatic carbocycles. The molecule has 3 rings (SSSR count). The fourth-order valence-corrected chi connectivity index (χ4v) is 3.37. The quantitative estimate of drug-likeness (QED) is 0.901. The van der Waals surface area contributed by atoms with Crippen molar-refractivity contribution >= 4 is 0 Å². The van der Waals surface area contributed by atoms with Crippen molar-refractivity contribution < 1.29 is 4.74 Å². The molecule has 2 aliphatic rings. The van der Waals surface area contributed by atoms with Crippen LogP contribution in [0, 0.1) is 5.92 Å². The van der Waals surface area contributed by atoms with E-state index in [4.69, 9.17) is 4.74 Å². The molecule has 21 heavy (non-hydrogen) atoms. The molecule has 1 N–H and O–H groups in total. The van der Waals surface area contributed by atoms with Gasteiger partial charge in [0.2, 0.25) is 0 Å². The molecule has 0 spiro atoms. The minimum atomic E-state index is 0.719. The van der Waals surface area contributed by atoms with Crippen LogP contribution >= 0.6 is 0 Å². The Hall–Kier alpha value is -1.06. The minimum Gasteiger partial charge on any atom is -0.493 e. The molecule has 0 aromatic heterocycles. The van der Waals surface area contributed by atoms with Gasteiger partial charge in [-0.25, -0.2) is 0 Å². The van der Waals surface area contributed by atoms with Crippen LogP contribution in [0.3, 0.4) is 0 Å². The van der Waals surface area contributed by atoms with Crippen LogP contribution in [-0.4, -0.2) is 37.7 Å². The van der Waals surface area contributed by atoms with E-state index in [0.717, 1.165) is 37.9 Å². The zero-order valence-electron chi connectivity index (χ0n) is 13.0. The van der Waals surface area contributed by atoms with Gasteiger partial charge in [-0.2, -0.15) is 0 Å². The molecule has 2 heterocycles. The summed E-state index contributed by atoms with van der Waals surface area (Å²) in [6.07, 6.45) is 6.59. The fraction of sp³-hybridized carbons (Fsp3) is 0.667. The number of hydrogen-bond acceptors (Lipinski definition) is 3. The Morgan fingerprint density at radius 2 is 1.90 bits per heavy atom. The lowest BCUT2D eigenvalue weighted by Gasteiger charge is -2.26. The molecule has 1 aromatic carbocycles. The zero-order chi connectivity index (χ0) is 14.3. The van der Waals surface area contributed by atoms with Crippen LogP contribution in [0.5, 0.6) is 5.75 Å². The molecule has 0 radical (unpaired) electrons. The Morgan fingerprint density at radius 1 is 1.10 bits per heavy atom. The number of rotatable bonds is 5. The number of hydrogen-bond donors (Lipinski definition) is 1. The second kappa shape index (κ2) is 7.81. The molecule has 2 saturated heterocycles. The van der Waals surface area contributed by atoms with E-state index < -0.39 is 0 Å². The smallest absolute Gasteiger partial charge is 0.119 e. The minimum absolute atomic E-state index is 0.719. The molecule has 1 aromatic rings. The molecule has 0 saturated carbocycles. The Balaban J connectivity index is 1.50. The number of nitrogens with zero attached hydrogens (tertiary/aromatic N) is 1. The molecule has 116 valence electrons. The van der Waals surface area contributed by atoms with Crippen LogP contribution in [0.25, 0.3) is 0 Å². The average Bonchev–Trinajstić information content (AvgIpc) is 2.55. The summed E-state index contributed by atoms with van der Waals surface area (Å²) >= 11 is 0. The summed E-state index contributed by atoms with van der Waals surface area (Å²) in [5, 5.41) is 3.41. The van der Waals surface area contributed by atoms with E-state index >= 15 is 0 Å². The van der Waals surface area contributed by atoms with Gasteiger partial charge in [0.15, 0.2) is 0 Å². The van der Waals surface area contributed by atoms with E-state index in [1.807, 2.05) is 0 Å². The molecule has 0 atom stereocenters. The molecule has 0 amide bonds. The molecule has 3 nitrogen and oxygen atoms in total. The van der Waals surface area contributed by atoms with Gasteiger partial charge in [-0.3, -0.25) is 4.90 Å². The number of piperidine rings is 2. The van der Waals surface area contributed by atoms with Crippen molar-refractivity contribution in [1.82, 2.24) is 10.2 Å². The Morgan fingerprint density at radius 3 is 2.71 bits per heavy atom. The predicted molar refractivity (Wildman–Crippen MR) is 86.7 cm³/mol. The van der Waals surface area contributed by atoms with Gasteiger partial charge in [0.1, 0.15) is 5.75 Å². The number of benzene rings is 1. The summed E-state index contributed by atoms with van der Waals surface area (Å²) in [4.78, 5) is 2.56. The van der Waals surface area contributed by atoms with Gasteiger partial charge in [0.25, 0.3) is 0 Å². The average molecular weight is 288 g/mol. The van der Waals surface area contributed by atoms with Gasteiger partial charge in [-0.1, -0.05) is 18.6 Å². The highest BCUT2D eigenvalue weighted by Gasteiger charge is 2.14. The second-order valence-corrected chi connectivity index (χ2v) is 6.49. The molecule has 3 heteroatoms. The molecule has 2 aliphatic heterocycles. The van der Waals surface area contributed by atoms with Crippen LogP contribution in [0.1, 0.15) is 37.7 Å². The monoisotopic (exact) mass is 288 g/mol. The number of ether oxygens (including phenoxy) is 1. The first-order chi connectivity index (χ1) is 10.4. The third-order valence-corrected chi connectivity index (χ3v) is 4.70. The van der Waals surface area contributed by atoms with Crippen molar-refractivity contribution in [2.75, 3.05) is 32.8 Å². The second-order valence-electron chi connectivity index (χ2n) is 6.49. The summed E-state index contributed by atoms with van der Waals surface area (Å²) in [6.45, 7) is 6.73. The normalized spacial score (nSPS) is 21.3. The summed E-state index contributed by atoms with van der Waals surface area (Å²) in [5.74, 6) is 1.76. The summed E-state index contributed by atoms with van der Waals surface area (Å²) in [5.41, 5.74) is 1.39. The number of likely N-dealkylation sites (tertiary alicyclic amines) is 1. The van der Waals surface area contributed by atoms with E-state index in [1.165, 1.54) is 50.8 Å². The van der Waals surface area contributed by atoms with Gasteiger partial charge in [0, 0.05) is 6.54 Å². The van der Waals surface area contributed by atoms with Crippen molar-refractivity contribution in [2.45, 2.75) is 38.6 Å². The first-order valence-electron chi connectivity index (χ1n) is 8.55. The van der Waals surface area contributed by atoms with E-state index in [-0.39, 0.29) is 0 Å². The number of nitrogens with one attached hydrogen (secondary N) is 1. The van der Waals surface area contributed by atoms with Gasteiger partial charge in [0.05, 0.1) is 6.61 Å². The lowest BCUT2D eigenvalue weighted by molar-refractivity contribution is 0.212. The summed E-state index contributed by atoms with van der Waals surface area (Å²) < 4.78 is 6.03. The first kappa shape index (κ1) is 14.9. The van der Waals surface area contributed by atoms with Crippen molar-refractivity contribution in [3.8, 4) is 5.75 Å². The highest BCUT2D eigenvalue weighted by molar-refractivity contribution is 5.28. The molecule has 2 fully saturated rings. The van der Waals surface area contributed by atoms with Crippen LogP contribution in [0.2, 0.25) is 0 Å². The van der Waals surface area contributed by atoms with E-state index in [2.05, 4.69) is 34.5 Å². The highest BCUT2D eigenvalue weighted by atomic mass is 16.5. The molecule has 0 bridgehead atoms. The first-order valence-corrected chi connectivity index (χ1v) is 8.55. The topological polar surface area (TPSA) is 24.5 Å². The van der Waals surface area contributed by atoms with Crippen molar-refractivity contribution in [1.29, 1.82) is 0 Å². The maximum atomic E-state index is 6.03. The van der Waals surface area contributed by atoms with Crippen molar-refractivity contribution in [3.05, 3.63) is 29.8 Å². The van der Waals surface area contributed by atoms with Gasteiger partial charge < -0.3 is 10.1 Å². The zero-order valence-corrected chi connectivity index (χ0v) is 13.0.